The Balaban J connectivity index is 1.73. The van der Waals surface area contributed by atoms with Crippen LogP contribution in [0.25, 0.3) is 0 Å². The fourth-order valence-corrected chi connectivity index (χ4v) is 1.55. The summed E-state index contributed by atoms with van der Waals surface area (Å²) in [6.45, 7) is 5.36. The molecule has 1 saturated carbocycles. The van der Waals surface area contributed by atoms with E-state index in [1.165, 1.54) is 12.8 Å². The maximum atomic E-state index is 9.01. The Morgan fingerprint density at radius 2 is 2.29 bits per heavy atom. The Kier molecular flexibility index (Phi) is 4.18. The average molecular weight is 233 g/mol. The summed E-state index contributed by atoms with van der Waals surface area (Å²) in [5.41, 5.74) is 1.91. The third kappa shape index (κ3) is 4.21. The van der Waals surface area contributed by atoms with Crippen molar-refractivity contribution in [2.24, 2.45) is 0 Å². The second-order valence-corrected chi connectivity index (χ2v) is 4.50. The summed E-state index contributed by atoms with van der Waals surface area (Å²) in [5, 5.41) is 12.4. The van der Waals surface area contributed by atoms with E-state index in [4.69, 9.17) is 9.84 Å². The molecule has 0 spiro atoms. The lowest BCUT2D eigenvalue weighted by molar-refractivity contribution is 0.280. The molecule has 0 amide bonds. The highest BCUT2D eigenvalue weighted by molar-refractivity contribution is 5.28. The number of hydrogen-bond acceptors (Lipinski definition) is 3. The number of ether oxygens (including phenoxy) is 1. The number of hydrogen-bond donors (Lipinski definition) is 2. The van der Waals surface area contributed by atoms with Crippen LogP contribution in [0.3, 0.4) is 0 Å². The molecule has 2 N–H and O–H groups in total. The third-order valence-corrected chi connectivity index (χ3v) is 2.74. The molecule has 0 aliphatic heterocycles. The Labute approximate surface area is 102 Å². The zero-order valence-electron chi connectivity index (χ0n) is 9.98. The van der Waals surface area contributed by atoms with Crippen LogP contribution in [0.4, 0.5) is 0 Å². The lowest BCUT2D eigenvalue weighted by Gasteiger charge is -2.10. The monoisotopic (exact) mass is 233 g/mol. The van der Waals surface area contributed by atoms with Gasteiger partial charge in [-0.15, -0.1) is 0 Å². The maximum absolute atomic E-state index is 9.01. The van der Waals surface area contributed by atoms with Gasteiger partial charge < -0.3 is 15.2 Å². The van der Waals surface area contributed by atoms with Gasteiger partial charge in [0.2, 0.25) is 0 Å². The molecular weight excluding hydrogens is 214 g/mol. The molecule has 0 heterocycles. The lowest BCUT2D eigenvalue weighted by atomic mass is 10.2. The van der Waals surface area contributed by atoms with E-state index < -0.39 is 0 Å². The second-order valence-electron chi connectivity index (χ2n) is 4.50. The molecule has 92 valence electrons. The molecule has 0 bridgehead atoms. The van der Waals surface area contributed by atoms with Gasteiger partial charge in [-0.1, -0.05) is 18.7 Å². The van der Waals surface area contributed by atoms with E-state index in [0.29, 0.717) is 12.6 Å². The van der Waals surface area contributed by atoms with Gasteiger partial charge in [0, 0.05) is 12.6 Å². The fourth-order valence-electron chi connectivity index (χ4n) is 1.55. The average Bonchev–Trinajstić information content (AvgIpc) is 3.18. The number of benzene rings is 1. The minimum absolute atomic E-state index is 0.0430. The second kappa shape index (κ2) is 5.84. The first kappa shape index (κ1) is 12.1. The van der Waals surface area contributed by atoms with Crippen LogP contribution in [0.15, 0.2) is 36.4 Å². The van der Waals surface area contributed by atoms with Crippen LogP contribution < -0.4 is 10.1 Å². The summed E-state index contributed by atoms with van der Waals surface area (Å²) in [6, 6.07) is 8.19. The van der Waals surface area contributed by atoms with Gasteiger partial charge in [0.15, 0.2) is 0 Å². The van der Waals surface area contributed by atoms with Crippen molar-refractivity contribution in [1.29, 1.82) is 0 Å². The van der Waals surface area contributed by atoms with E-state index in [2.05, 4.69) is 11.9 Å². The van der Waals surface area contributed by atoms with Gasteiger partial charge in [-0.2, -0.15) is 0 Å². The molecule has 1 aliphatic rings. The molecule has 0 saturated heterocycles. The Morgan fingerprint density at radius 1 is 1.47 bits per heavy atom. The largest absolute Gasteiger partial charge is 0.489 e. The molecule has 1 aromatic rings. The van der Waals surface area contributed by atoms with Crippen LogP contribution in [-0.2, 0) is 6.61 Å². The molecule has 0 atom stereocenters. The topological polar surface area (TPSA) is 41.5 Å². The SMILES string of the molecule is C=C(CNC1CC1)COc1cccc(CO)c1. The van der Waals surface area contributed by atoms with Crippen molar-refractivity contribution < 1.29 is 9.84 Å². The molecule has 2 rings (SSSR count). The lowest BCUT2D eigenvalue weighted by Crippen LogP contribution is -2.21. The van der Waals surface area contributed by atoms with E-state index in [1.54, 1.807) is 0 Å². The van der Waals surface area contributed by atoms with Gasteiger partial charge in [0.05, 0.1) is 6.61 Å². The first-order valence-corrected chi connectivity index (χ1v) is 6.00. The highest BCUT2D eigenvalue weighted by Crippen LogP contribution is 2.19. The van der Waals surface area contributed by atoms with Crippen LogP contribution >= 0.6 is 0 Å². The zero-order valence-corrected chi connectivity index (χ0v) is 9.98. The summed E-state index contributed by atoms with van der Waals surface area (Å²) in [5.74, 6) is 0.782. The summed E-state index contributed by atoms with van der Waals surface area (Å²) < 4.78 is 5.61. The molecule has 1 aliphatic carbocycles. The van der Waals surface area contributed by atoms with Gasteiger partial charge in [0.1, 0.15) is 12.4 Å². The number of aliphatic hydroxyl groups is 1. The van der Waals surface area contributed by atoms with Crippen molar-refractivity contribution >= 4 is 0 Å². The van der Waals surface area contributed by atoms with Crippen LogP contribution in [0.2, 0.25) is 0 Å². The molecule has 0 radical (unpaired) electrons. The molecule has 0 aromatic heterocycles. The predicted molar refractivity (Wildman–Crippen MR) is 68.0 cm³/mol. The van der Waals surface area contributed by atoms with Crippen LogP contribution in [0.1, 0.15) is 18.4 Å². The summed E-state index contributed by atoms with van der Waals surface area (Å²) in [4.78, 5) is 0. The molecule has 1 aromatic carbocycles. The minimum Gasteiger partial charge on any atom is -0.489 e. The van der Waals surface area contributed by atoms with E-state index in [0.717, 1.165) is 23.4 Å². The van der Waals surface area contributed by atoms with Crippen molar-refractivity contribution in [3.63, 3.8) is 0 Å². The predicted octanol–water partition coefficient (Wildman–Crippen LogP) is 1.87. The zero-order chi connectivity index (χ0) is 12.1. The van der Waals surface area contributed by atoms with Crippen molar-refractivity contribution in [3.8, 4) is 5.75 Å². The summed E-state index contributed by atoms with van der Waals surface area (Å²) in [7, 11) is 0. The Hall–Kier alpha value is -1.32. The first-order chi connectivity index (χ1) is 8.28. The number of nitrogens with one attached hydrogen (secondary N) is 1. The molecule has 0 unspecified atom stereocenters. The van der Waals surface area contributed by atoms with Crippen LogP contribution in [-0.4, -0.2) is 24.3 Å². The molecule has 17 heavy (non-hydrogen) atoms. The third-order valence-electron chi connectivity index (χ3n) is 2.74. The summed E-state index contributed by atoms with van der Waals surface area (Å²) in [6.07, 6.45) is 2.57. The maximum Gasteiger partial charge on any atom is 0.120 e. The van der Waals surface area contributed by atoms with Gasteiger partial charge in [-0.25, -0.2) is 0 Å². The van der Waals surface area contributed by atoms with E-state index in [-0.39, 0.29) is 6.61 Å². The van der Waals surface area contributed by atoms with E-state index in [9.17, 15) is 0 Å². The quantitative estimate of drug-likeness (QED) is 0.706. The van der Waals surface area contributed by atoms with Crippen LogP contribution in [0.5, 0.6) is 5.75 Å². The summed E-state index contributed by atoms with van der Waals surface area (Å²) >= 11 is 0. The highest BCUT2D eigenvalue weighted by atomic mass is 16.5. The number of rotatable bonds is 7. The molecule has 1 fully saturated rings. The molecular formula is C14H19NO2. The van der Waals surface area contributed by atoms with Gasteiger partial charge in [-0.05, 0) is 36.1 Å². The van der Waals surface area contributed by atoms with Gasteiger partial charge >= 0.3 is 0 Å². The number of aliphatic hydroxyl groups excluding tert-OH is 1. The van der Waals surface area contributed by atoms with Gasteiger partial charge in [0.25, 0.3) is 0 Å². The first-order valence-electron chi connectivity index (χ1n) is 6.00. The van der Waals surface area contributed by atoms with Gasteiger partial charge in [-0.3, -0.25) is 0 Å². The van der Waals surface area contributed by atoms with Crippen LogP contribution in [0, 0.1) is 0 Å². The normalized spacial score (nSPS) is 14.6. The smallest absolute Gasteiger partial charge is 0.120 e. The van der Waals surface area contributed by atoms with E-state index >= 15 is 0 Å². The minimum atomic E-state index is 0.0430. The van der Waals surface area contributed by atoms with Crippen molar-refractivity contribution in [2.45, 2.75) is 25.5 Å². The Bertz CT molecular complexity index is 386. The molecule has 3 nitrogen and oxygen atoms in total. The highest BCUT2D eigenvalue weighted by Gasteiger charge is 2.19. The van der Waals surface area contributed by atoms with Crippen molar-refractivity contribution in [3.05, 3.63) is 42.0 Å². The fraction of sp³-hybridized carbons (Fsp3) is 0.429. The van der Waals surface area contributed by atoms with E-state index in [1.807, 2.05) is 24.3 Å². The van der Waals surface area contributed by atoms with Crippen molar-refractivity contribution in [2.75, 3.05) is 13.2 Å². The molecule has 3 heteroatoms. The van der Waals surface area contributed by atoms with Crippen molar-refractivity contribution in [1.82, 2.24) is 5.32 Å². The Morgan fingerprint density at radius 3 is 3.00 bits per heavy atom. The standard InChI is InChI=1S/C14H19NO2/c1-11(8-15-13-5-6-13)10-17-14-4-2-3-12(7-14)9-16/h2-4,7,13,15-16H,1,5-6,8-10H2.